The lowest BCUT2D eigenvalue weighted by Gasteiger charge is -2.23. The Morgan fingerprint density at radius 2 is 1.87 bits per heavy atom. The summed E-state index contributed by atoms with van der Waals surface area (Å²) in [7, 11) is 1.49. The van der Waals surface area contributed by atoms with Crippen LogP contribution in [0.4, 0.5) is 16.2 Å². The SMILES string of the molecule is COc1cc(CN(C(=O)Nc2cccc(NC(=O)c3cccs3)c2)C2CC2)ccc1O. The molecule has 7 nitrogen and oxygen atoms in total. The Bertz CT molecular complexity index is 1080. The molecule has 0 radical (unpaired) electrons. The molecule has 0 bridgehead atoms. The predicted octanol–water partition coefficient (Wildman–Crippen LogP) is 4.91. The van der Waals surface area contributed by atoms with Crippen LogP contribution in [0.15, 0.2) is 60.0 Å². The molecule has 3 amide bonds. The molecule has 8 heteroatoms. The molecule has 2 aromatic carbocycles. The monoisotopic (exact) mass is 437 g/mol. The maximum absolute atomic E-state index is 13.0. The van der Waals surface area contributed by atoms with Crippen molar-refractivity contribution in [1.82, 2.24) is 4.90 Å². The summed E-state index contributed by atoms with van der Waals surface area (Å²) in [6.45, 7) is 0.405. The number of thiophene rings is 1. The van der Waals surface area contributed by atoms with Crippen molar-refractivity contribution in [1.29, 1.82) is 0 Å². The first kappa shape index (κ1) is 20.7. The molecule has 0 atom stereocenters. The van der Waals surface area contributed by atoms with Gasteiger partial charge >= 0.3 is 6.03 Å². The topological polar surface area (TPSA) is 90.9 Å². The van der Waals surface area contributed by atoms with Crippen molar-refractivity contribution in [2.45, 2.75) is 25.4 Å². The van der Waals surface area contributed by atoms with Crippen LogP contribution in [-0.2, 0) is 6.54 Å². The van der Waals surface area contributed by atoms with Crippen LogP contribution in [0.3, 0.4) is 0 Å². The number of carbonyl (C=O) groups is 2. The molecule has 0 saturated heterocycles. The first-order valence-corrected chi connectivity index (χ1v) is 10.8. The zero-order chi connectivity index (χ0) is 21.8. The molecule has 1 fully saturated rings. The van der Waals surface area contributed by atoms with Crippen LogP contribution in [0.2, 0.25) is 0 Å². The van der Waals surface area contributed by atoms with E-state index in [1.807, 2.05) is 11.4 Å². The first-order valence-electron chi connectivity index (χ1n) is 9.92. The minimum Gasteiger partial charge on any atom is -0.504 e. The highest BCUT2D eigenvalue weighted by atomic mass is 32.1. The summed E-state index contributed by atoms with van der Waals surface area (Å²) in [5.41, 5.74) is 2.08. The normalized spacial score (nSPS) is 12.8. The van der Waals surface area contributed by atoms with E-state index in [1.54, 1.807) is 53.4 Å². The van der Waals surface area contributed by atoms with Crippen LogP contribution in [0.1, 0.15) is 28.1 Å². The van der Waals surface area contributed by atoms with Gasteiger partial charge in [-0.25, -0.2) is 4.79 Å². The van der Waals surface area contributed by atoms with Crippen LogP contribution in [0, 0.1) is 0 Å². The third-order valence-electron chi connectivity index (χ3n) is 4.96. The quantitative estimate of drug-likeness (QED) is 0.490. The molecule has 1 aromatic heterocycles. The van der Waals surface area contributed by atoms with Crippen molar-refractivity contribution >= 4 is 34.6 Å². The molecular weight excluding hydrogens is 414 g/mol. The van der Waals surface area contributed by atoms with Gasteiger partial charge in [0, 0.05) is 24.0 Å². The molecule has 1 aliphatic carbocycles. The lowest BCUT2D eigenvalue weighted by Crippen LogP contribution is -2.36. The van der Waals surface area contributed by atoms with Gasteiger partial charge in [0.1, 0.15) is 0 Å². The molecule has 3 aromatic rings. The van der Waals surface area contributed by atoms with E-state index in [1.165, 1.54) is 18.4 Å². The van der Waals surface area contributed by atoms with Gasteiger partial charge in [0.15, 0.2) is 11.5 Å². The number of phenolic OH excluding ortho intramolecular Hbond substituents is 1. The number of rotatable bonds is 7. The standard InChI is InChI=1S/C23H23N3O4S/c1-30-20-12-15(7-10-19(20)27)14-26(18-8-9-18)23(29)25-17-5-2-4-16(13-17)24-22(28)21-6-3-11-31-21/h2-7,10-13,18,27H,8-9,14H2,1H3,(H,24,28)(H,25,29). The second kappa shape index (κ2) is 9.09. The fourth-order valence-electron chi connectivity index (χ4n) is 3.24. The molecule has 0 spiro atoms. The van der Waals surface area contributed by atoms with E-state index >= 15 is 0 Å². The molecule has 1 heterocycles. The highest BCUT2D eigenvalue weighted by molar-refractivity contribution is 7.12. The van der Waals surface area contributed by atoms with Gasteiger partial charge in [0.05, 0.1) is 12.0 Å². The van der Waals surface area contributed by atoms with Crippen molar-refractivity contribution in [3.05, 3.63) is 70.4 Å². The minimum atomic E-state index is -0.212. The number of anilines is 2. The van der Waals surface area contributed by atoms with E-state index in [2.05, 4.69) is 10.6 Å². The van der Waals surface area contributed by atoms with Gasteiger partial charge in [-0.2, -0.15) is 0 Å². The summed E-state index contributed by atoms with van der Waals surface area (Å²) in [4.78, 5) is 27.7. The minimum absolute atomic E-state index is 0.0649. The number of hydrogen-bond donors (Lipinski definition) is 3. The van der Waals surface area contributed by atoms with Gasteiger partial charge in [0.25, 0.3) is 5.91 Å². The Balaban J connectivity index is 1.44. The third-order valence-corrected chi connectivity index (χ3v) is 5.83. The van der Waals surface area contributed by atoms with Gasteiger partial charge in [-0.3, -0.25) is 4.79 Å². The third kappa shape index (κ3) is 5.16. The summed E-state index contributed by atoms with van der Waals surface area (Å²) in [5.74, 6) is 0.261. The summed E-state index contributed by atoms with van der Waals surface area (Å²) in [6, 6.07) is 15.7. The average Bonchev–Trinajstić information content (AvgIpc) is 3.45. The molecule has 3 N–H and O–H groups in total. The average molecular weight is 438 g/mol. The number of nitrogens with one attached hydrogen (secondary N) is 2. The van der Waals surface area contributed by atoms with Crippen LogP contribution in [0.25, 0.3) is 0 Å². The first-order chi connectivity index (χ1) is 15.0. The summed E-state index contributed by atoms with van der Waals surface area (Å²) in [5, 5.41) is 17.4. The highest BCUT2D eigenvalue weighted by Crippen LogP contribution is 2.32. The van der Waals surface area contributed by atoms with E-state index in [4.69, 9.17) is 4.74 Å². The van der Waals surface area contributed by atoms with Crippen LogP contribution < -0.4 is 15.4 Å². The van der Waals surface area contributed by atoms with Gasteiger partial charge in [0.2, 0.25) is 0 Å². The number of nitrogens with zero attached hydrogens (tertiary/aromatic N) is 1. The Morgan fingerprint density at radius 1 is 1.10 bits per heavy atom. The molecule has 0 unspecified atom stereocenters. The van der Waals surface area contributed by atoms with E-state index in [0.29, 0.717) is 28.5 Å². The summed E-state index contributed by atoms with van der Waals surface area (Å²) < 4.78 is 5.17. The fraction of sp³-hybridized carbons (Fsp3) is 0.217. The second-order valence-corrected chi connectivity index (χ2v) is 8.26. The fourth-order valence-corrected chi connectivity index (χ4v) is 3.86. The molecule has 31 heavy (non-hydrogen) atoms. The van der Waals surface area contributed by atoms with Crippen molar-refractivity contribution in [3.63, 3.8) is 0 Å². The largest absolute Gasteiger partial charge is 0.504 e. The van der Waals surface area contributed by atoms with E-state index in [-0.39, 0.29) is 23.7 Å². The number of ether oxygens (including phenoxy) is 1. The smallest absolute Gasteiger partial charge is 0.322 e. The maximum Gasteiger partial charge on any atom is 0.322 e. The van der Waals surface area contributed by atoms with E-state index < -0.39 is 0 Å². The molecule has 1 saturated carbocycles. The number of urea groups is 1. The second-order valence-electron chi connectivity index (χ2n) is 7.31. The van der Waals surface area contributed by atoms with Crippen LogP contribution >= 0.6 is 11.3 Å². The molecule has 4 rings (SSSR count). The van der Waals surface area contributed by atoms with Gasteiger partial charge in [-0.05, 0) is 60.2 Å². The number of aromatic hydroxyl groups is 1. The van der Waals surface area contributed by atoms with Crippen molar-refractivity contribution in [2.75, 3.05) is 17.7 Å². The molecular formula is C23H23N3O4S. The van der Waals surface area contributed by atoms with E-state index in [0.717, 1.165) is 18.4 Å². The number of methoxy groups -OCH3 is 1. The zero-order valence-corrected chi connectivity index (χ0v) is 17.8. The Morgan fingerprint density at radius 3 is 2.55 bits per heavy atom. The van der Waals surface area contributed by atoms with Gasteiger partial charge < -0.3 is 25.4 Å². The Labute approximate surface area is 184 Å². The highest BCUT2D eigenvalue weighted by Gasteiger charge is 2.32. The van der Waals surface area contributed by atoms with E-state index in [9.17, 15) is 14.7 Å². The Kier molecular flexibility index (Phi) is 6.08. The molecule has 0 aliphatic heterocycles. The summed E-state index contributed by atoms with van der Waals surface area (Å²) >= 11 is 1.37. The van der Waals surface area contributed by atoms with Crippen molar-refractivity contribution in [2.24, 2.45) is 0 Å². The lowest BCUT2D eigenvalue weighted by molar-refractivity contribution is 0.103. The number of hydrogen-bond acceptors (Lipinski definition) is 5. The lowest BCUT2D eigenvalue weighted by atomic mass is 10.2. The number of benzene rings is 2. The number of phenols is 1. The van der Waals surface area contributed by atoms with Gasteiger partial charge in [-0.15, -0.1) is 11.3 Å². The summed E-state index contributed by atoms with van der Waals surface area (Å²) in [6.07, 6.45) is 1.92. The van der Waals surface area contributed by atoms with Crippen LogP contribution in [0.5, 0.6) is 11.5 Å². The van der Waals surface area contributed by atoms with Gasteiger partial charge in [-0.1, -0.05) is 18.2 Å². The predicted molar refractivity (Wildman–Crippen MR) is 121 cm³/mol. The zero-order valence-electron chi connectivity index (χ0n) is 17.0. The number of carbonyl (C=O) groups excluding carboxylic acids is 2. The molecule has 160 valence electrons. The molecule has 1 aliphatic rings. The Hall–Kier alpha value is -3.52. The maximum atomic E-state index is 13.0. The van der Waals surface area contributed by atoms with Crippen molar-refractivity contribution < 1.29 is 19.4 Å². The van der Waals surface area contributed by atoms with Crippen molar-refractivity contribution in [3.8, 4) is 11.5 Å². The van der Waals surface area contributed by atoms with Crippen LogP contribution in [-0.4, -0.2) is 35.1 Å². The number of amides is 3.